The maximum absolute atomic E-state index is 12.4. The first kappa shape index (κ1) is 17.3. The average molecular weight is 330 g/mol. The van der Waals surface area contributed by atoms with Crippen molar-refractivity contribution in [3.8, 4) is 5.75 Å². The summed E-state index contributed by atoms with van der Waals surface area (Å²) in [4.78, 5) is 17.0. The molecule has 0 bridgehead atoms. The summed E-state index contributed by atoms with van der Waals surface area (Å²) in [6.45, 7) is 8.45. The van der Waals surface area contributed by atoms with Crippen LogP contribution in [0.15, 0.2) is 18.2 Å². The quantitative estimate of drug-likeness (QED) is 0.831. The van der Waals surface area contributed by atoms with E-state index in [1.54, 1.807) is 0 Å². The number of benzene rings is 1. The molecule has 1 saturated heterocycles. The lowest BCUT2D eigenvalue weighted by atomic mass is 10.1. The van der Waals surface area contributed by atoms with Gasteiger partial charge in [0.15, 0.2) is 0 Å². The lowest BCUT2D eigenvalue weighted by Crippen LogP contribution is -2.51. The summed E-state index contributed by atoms with van der Waals surface area (Å²) in [6, 6.07) is 6.86. The monoisotopic (exact) mass is 330 g/mol. The highest BCUT2D eigenvalue weighted by Crippen LogP contribution is 2.24. The van der Waals surface area contributed by atoms with Crippen molar-refractivity contribution < 1.29 is 9.53 Å². The van der Waals surface area contributed by atoms with E-state index < -0.39 is 0 Å². The number of rotatable bonds is 5. The number of ether oxygens (including phenoxy) is 1. The Balaban J connectivity index is 1.38. The molecule has 1 aliphatic carbocycles. The number of piperazine rings is 1. The van der Waals surface area contributed by atoms with Crippen molar-refractivity contribution in [2.45, 2.75) is 52.0 Å². The minimum atomic E-state index is 0.227. The molecule has 0 atom stereocenters. The normalized spacial score (nSPS) is 19.7. The van der Waals surface area contributed by atoms with Gasteiger partial charge in [-0.2, -0.15) is 0 Å². The van der Waals surface area contributed by atoms with E-state index in [1.807, 2.05) is 17.0 Å². The predicted molar refractivity (Wildman–Crippen MR) is 96.4 cm³/mol. The molecule has 1 aromatic rings. The highest BCUT2D eigenvalue weighted by atomic mass is 16.5. The van der Waals surface area contributed by atoms with E-state index in [0.29, 0.717) is 13.0 Å². The fourth-order valence-electron chi connectivity index (χ4n) is 3.82. The van der Waals surface area contributed by atoms with Gasteiger partial charge in [-0.3, -0.25) is 9.69 Å². The van der Waals surface area contributed by atoms with Crippen LogP contribution in [0.4, 0.5) is 0 Å². The summed E-state index contributed by atoms with van der Waals surface area (Å²) >= 11 is 0. The van der Waals surface area contributed by atoms with Crippen molar-refractivity contribution in [2.24, 2.45) is 0 Å². The molecular formula is C20H30N2O2. The van der Waals surface area contributed by atoms with E-state index >= 15 is 0 Å². The van der Waals surface area contributed by atoms with Crippen LogP contribution in [0, 0.1) is 13.8 Å². The highest BCUT2D eigenvalue weighted by molar-refractivity contribution is 5.76. The first-order valence-electron chi connectivity index (χ1n) is 9.35. The zero-order valence-corrected chi connectivity index (χ0v) is 15.1. The van der Waals surface area contributed by atoms with E-state index in [2.05, 4.69) is 24.8 Å². The lowest BCUT2D eigenvalue weighted by Gasteiger charge is -2.38. The summed E-state index contributed by atoms with van der Waals surface area (Å²) in [5.41, 5.74) is 2.49. The number of amides is 1. The molecule has 0 aromatic heterocycles. The Morgan fingerprint density at radius 3 is 2.46 bits per heavy atom. The second-order valence-corrected chi connectivity index (χ2v) is 7.20. The molecule has 0 N–H and O–H groups in total. The Morgan fingerprint density at radius 2 is 1.79 bits per heavy atom. The van der Waals surface area contributed by atoms with Crippen molar-refractivity contribution in [2.75, 3.05) is 32.8 Å². The number of carbonyl (C=O) groups excluding carboxylic acids is 1. The van der Waals surface area contributed by atoms with Gasteiger partial charge < -0.3 is 9.64 Å². The molecule has 0 unspecified atom stereocenters. The Hall–Kier alpha value is -1.55. The van der Waals surface area contributed by atoms with Gasteiger partial charge >= 0.3 is 0 Å². The standard InChI is InChI=1S/C20H30N2O2/c1-16-7-8-19(15-17(16)2)24-14-9-20(23)22-12-10-21(11-13-22)18-5-3-4-6-18/h7-8,15,18H,3-6,9-14H2,1-2H3. The van der Waals surface area contributed by atoms with Crippen LogP contribution in [0.5, 0.6) is 5.75 Å². The number of aryl methyl sites for hydroxylation is 2. The fraction of sp³-hybridized carbons (Fsp3) is 0.650. The molecule has 1 amide bonds. The molecule has 4 nitrogen and oxygen atoms in total. The second kappa shape index (κ2) is 8.02. The largest absolute Gasteiger partial charge is 0.493 e. The van der Waals surface area contributed by atoms with Gasteiger partial charge in [0, 0.05) is 32.2 Å². The summed E-state index contributed by atoms with van der Waals surface area (Å²) in [5.74, 6) is 1.09. The first-order chi connectivity index (χ1) is 11.6. The van der Waals surface area contributed by atoms with Gasteiger partial charge in [-0.05, 0) is 49.9 Å². The smallest absolute Gasteiger partial charge is 0.226 e. The summed E-state index contributed by atoms with van der Waals surface area (Å²) in [6.07, 6.45) is 5.91. The molecule has 4 heteroatoms. The van der Waals surface area contributed by atoms with Gasteiger partial charge in [0.25, 0.3) is 0 Å². The van der Waals surface area contributed by atoms with Crippen LogP contribution >= 0.6 is 0 Å². The SMILES string of the molecule is Cc1ccc(OCCC(=O)N2CCN(C3CCCC3)CC2)cc1C. The first-order valence-corrected chi connectivity index (χ1v) is 9.35. The van der Waals surface area contributed by atoms with Crippen molar-refractivity contribution in [3.63, 3.8) is 0 Å². The van der Waals surface area contributed by atoms with E-state index in [0.717, 1.165) is 38.0 Å². The third-order valence-corrected chi connectivity index (χ3v) is 5.57. The van der Waals surface area contributed by atoms with Gasteiger partial charge in [-0.25, -0.2) is 0 Å². The van der Waals surface area contributed by atoms with Gasteiger partial charge in [0.2, 0.25) is 5.91 Å². The molecule has 1 aliphatic heterocycles. The maximum atomic E-state index is 12.4. The van der Waals surface area contributed by atoms with E-state index in [1.165, 1.54) is 36.8 Å². The molecule has 1 aromatic carbocycles. The minimum absolute atomic E-state index is 0.227. The average Bonchev–Trinajstić information content (AvgIpc) is 3.13. The molecule has 0 radical (unpaired) electrons. The lowest BCUT2D eigenvalue weighted by molar-refractivity contribution is -0.133. The van der Waals surface area contributed by atoms with E-state index in [4.69, 9.17) is 4.74 Å². The minimum Gasteiger partial charge on any atom is -0.493 e. The number of carbonyl (C=O) groups is 1. The van der Waals surface area contributed by atoms with Crippen molar-refractivity contribution in [3.05, 3.63) is 29.3 Å². The molecule has 132 valence electrons. The summed E-state index contributed by atoms with van der Waals surface area (Å²) in [5, 5.41) is 0. The third kappa shape index (κ3) is 4.29. The molecule has 1 saturated carbocycles. The molecule has 2 aliphatic rings. The van der Waals surface area contributed by atoms with Crippen molar-refractivity contribution >= 4 is 5.91 Å². The second-order valence-electron chi connectivity index (χ2n) is 7.20. The van der Waals surface area contributed by atoms with Gasteiger partial charge in [-0.1, -0.05) is 18.9 Å². The van der Waals surface area contributed by atoms with Crippen LogP contribution in [0.2, 0.25) is 0 Å². The van der Waals surface area contributed by atoms with E-state index in [9.17, 15) is 4.79 Å². The van der Waals surface area contributed by atoms with Crippen LogP contribution in [-0.4, -0.2) is 54.5 Å². The van der Waals surface area contributed by atoms with Gasteiger partial charge in [0.05, 0.1) is 13.0 Å². The third-order valence-electron chi connectivity index (χ3n) is 5.57. The molecular weight excluding hydrogens is 300 g/mol. The fourth-order valence-corrected chi connectivity index (χ4v) is 3.82. The topological polar surface area (TPSA) is 32.8 Å². The van der Waals surface area contributed by atoms with Crippen LogP contribution in [0.1, 0.15) is 43.2 Å². The van der Waals surface area contributed by atoms with Crippen LogP contribution in [0.25, 0.3) is 0 Å². The maximum Gasteiger partial charge on any atom is 0.226 e. The molecule has 1 heterocycles. The predicted octanol–water partition coefficient (Wildman–Crippen LogP) is 3.16. The van der Waals surface area contributed by atoms with E-state index in [-0.39, 0.29) is 5.91 Å². The van der Waals surface area contributed by atoms with Crippen molar-refractivity contribution in [1.82, 2.24) is 9.80 Å². The Labute approximate surface area is 145 Å². The van der Waals surface area contributed by atoms with Crippen LogP contribution in [-0.2, 0) is 4.79 Å². The number of hydrogen-bond acceptors (Lipinski definition) is 3. The number of nitrogens with zero attached hydrogens (tertiary/aromatic N) is 2. The molecule has 3 rings (SSSR count). The molecule has 2 fully saturated rings. The highest BCUT2D eigenvalue weighted by Gasteiger charge is 2.27. The number of hydrogen-bond donors (Lipinski definition) is 0. The van der Waals surface area contributed by atoms with Crippen LogP contribution < -0.4 is 4.74 Å². The summed E-state index contributed by atoms with van der Waals surface area (Å²) < 4.78 is 5.75. The van der Waals surface area contributed by atoms with Crippen LogP contribution in [0.3, 0.4) is 0 Å². The Bertz CT molecular complexity index is 559. The Morgan fingerprint density at radius 1 is 1.08 bits per heavy atom. The molecule has 24 heavy (non-hydrogen) atoms. The molecule has 0 spiro atoms. The zero-order valence-electron chi connectivity index (χ0n) is 15.1. The Kier molecular flexibility index (Phi) is 5.77. The summed E-state index contributed by atoms with van der Waals surface area (Å²) in [7, 11) is 0. The van der Waals surface area contributed by atoms with Gasteiger partial charge in [-0.15, -0.1) is 0 Å². The zero-order chi connectivity index (χ0) is 16.9. The van der Waals surface area contributed by atoms with Gasteiger partial charge in [0.1, 0.15) is 5.75 Å². The van der Waals surface area contributed by atoms with Crippen molar-refractivity contribution in [1.29, 1.82) is 0 Å².